The van der Waals surface area contributed by atoms with Crippen LogP contribution in [0.25, 0.3) is 0 Å². The van der Waals surface area contributed by atoms with Gasteiger partial charge >= 0.3 is 0 Å². The molecule has 1 saturated heterocycles. The van der Waals surface area contributed by atoms with Crippen molar-refractivity contribution in [1.29, 1.82) is 0 Å². The van der Waals surface area contributed by atoms with E-state index >= 15 is 4.79 Å². The maximum absolute atomic E-state index is 15.0. The molecule has 49 heavy (non-hydrogen) atoms. The average Bonchev–Trinajstić information content (AvgIpc) is 3.98. The fourth-order valence-electron chi connectivity index (χ4n) is 7.18. The lowest BCUT2D eigenvalue weighted by molar-refractivity contribution is -0.148. The number of carbonyl (C=O) groups excluding carboxylic acids is 5. The second-order valence-electron chi connectivity index (χ2n) is 15.8. The van der Waals surface area contributed by atoms with Gasteiger partial charge in [0.15, 0.2) is 21.4 Å². The molecule has 1 aliphatic heterocycles. The van der Waals surface area contributed by atoms with Crippen LogP contribution in [0.1, 0.15) is 183 Å². The second-order valence-corrected chi connectivity index (χ2v) is 17.9. The Hall–Kier alpha value is -1.90. The van der Waals surface area contributed by atoms with Gasteiger partial charge in [0.25, 0.3) is 0 Å². The van der Waals surface area contributed by atoms with Crippen molar-refractivity contribution in [2.24, 2.45) is 45.8 Å². The quantitative estimate of drug-likeness (QED) is 0.144. The molecule has 3 aliphatic carbocycles. The van der Waals surface area contributed by atoms with Crippen LogP contribution in [0.5, 0.6) is 0 Å². The second kappa shape index (κ2) is 14.6. The highest BCUT2D eigenvalue weighted by molar-refractivity contribution is 7.92. The Morgan fingerprint density at radius 1 is 1.00 bits per heavy atom. The van der Waals surface area contributed by atoms with E-state index < -0.39 is 186 Å². The van der Waals surface area contributed by atoms with Gasteiger partial charge in [-0.1, -0.05) is 73.5 Å². The number of hydrogen-bond acceptors (Lipinski definition) is 7. The molecule has 0 N–H and O–H groups in total. The molecule has 0 radical (unpaired) electrons. The summed E-state index contributed by atoms with van der Waals surface area (Å²) < 4.78 is 218. The van der Waals surface area contributed by atoms with E-state index in [2.05, 4.69) is 0 Å². The maximum Gasteiger partial charge on any atom is 0.227 e. The molecule has 1 heterocycles. The molecule has 9 heteroatoms. The molecule has 0 unspecified atom stereocenters. The summed E-state index contributed by atoms with van der Waals surface area (Å²) in [6.07, 6.45) is -31.1. The van der Waals surface area contributed by atoms with Crippen molar-refractivity contribution >= 4 is 38.9 Å². The van der Waals surface area contributed by atoms with Crippen LogP contribution in [0.15, 0.2) is 0 Å². The molecule has 0 aromatic rings. The highest BCUT2D eigenvalue weighted by Crippen LogP contribution is 2.65. The molecular weight excluding hydrogens is 639 g/mol. The fraction of sp³-hybridized carbons (Fsp3) is 0.875. The molecule has 0 bridgehead atoms. The van der Waals surface area contributed by atoms with Crippen molar-refractivity contribution in [3.05, 3.63) is 0 Å². The van der Waals surface area contributed by atoms with E-state index in [1.54, 1.807) is 13.8 Å². The fourth-order valence-corrected chi connectivity index (χ4v) is 8.29. The molecule has 0 aromatic carbocycles. The van der Waals surface area contributed by atoms with E-state index in [4.69, 9.17) is 31.5 Å². The summed E-state index contributed by atoms with van der Waals surface area (Å²) in [6, 6.07) is -1.46. The normalized spacial score (nSPS) is 39.5. The first kappa shape index (κ1) is 18.7. The largest absolute Gasteiger partial charge is 0.332 e. The van der Waals surface area contributed by atoms with Gasteiger partial charge in [-0.25, -0.2) is 8.42 Å². The number of fused-ring (bicyclic) bond motifs is 1. The first-order valence-electron chi connectivity index (χ1n) is 28.1. The summed E-state index contributed by atoms with van der Waals surface area (Å²) in [5.74, 6) is -13.3. The van der Waals surface area contributed by atoms with Crippen molar-refractivity contribution < 1.29 is 63.9 Å². The minimum Gasteiger partial charge on any atom is -0.332 e. The predicted molar refractivity (Wildman–Crippen MR) is 192 cm³/mol. The van der Waals surface area contributed by atoms with Crippen molar-refractivity contribution in [2.45, 2.75) is 162 Å². The molecule has 0 spiro atoms. The lowest BCUT2D eigenvalue weighted by Gasteiger charge is -2.40. The molecule has 5 atom stereocenters. The smallest absolute Gasteiger partial charge is 0.227 e. The Morgan fingerprint density at radius 2 is 1.63 bits per heavy atom. The van der Waals surface area contributed by atoms with Crippen molar-refractivity contribution in [3.8, 4) is 0 Å². The predicted octanol–water partition coefficient (Wildman–Crippen LogP) is 7.35. The summed E-state index contributed by atoms with van der Waals surface area (Å²) in [4.78, 5) is 72.5. The summed E-state index contributed by atoms with van der Waals surface area (Å²) in [5.41, 5.74) is -6.33. The molecule has 8 nitrogen and oxygen atoms in total. The topological polar surface area (TPSA) is 123 Å². The lowest BCUT2D eigenvalue weighted by Crippen LogP contribution is -2.51. The summed E-state index contributed by atoms with van der Waals surface area (Å²) >= 11 is 0. The standard InChI is InChI=1S/C40H65NO7S/c1-10-11-15-27(35(45)32(44)20-26-16-17-26)21-31(43)34-33-30(39(33,8)9)24-41(34)36(46)29(37(2,3)4)22-28(42)23-40(18-13-12-14-19-40)25-49(47,48)38(5,6)7/h26-27,29-30,33-34H,10-25H2,1-9H3/t27-,29-,30+,33+,34-/m1/s1/i5D3,6D3,7D3,10D2,12D2,13D2,14D2,15D2,18D2,19D2. The molecular formula is C40H65NO7S. The molecule has 1 amide bonds. The SMILES string of the molecule is [2H]C([2H])(C)CC([2H])([2H])[C@H](CC(=O)[C@@H]1[C@@H]2[C@H](CN1C(=O)[C@@H](CC(=O)CC1(CS(=O)(=O)C(C([2H])([2H])[2H])(C([2H])([2H])[2H])C([2H])([2H])[2H])C([2H])([2H])C([2H])([2H])C([2H])([2H])C([2H])([2H])C1([2H])[2H])C(C)(C)C)C2(C)C)C(=O)C(=O)CC1CC1. The van der Waals surface area contributed by atoms with Crippen LogP contribution in [-0.4, -0.2) is 65.4 Å². The monoisotopic (exact) mass is 727 g/mol. The van der Waals surface area contributed by atoms with E-state index in [1.807, 2.05) is 0 Å². The first-order chi connectivity index (χ1) is 31.5. The summed E-state index contributed by atoms with van der Waals surface area (Å²) in [7, 11) is -6.78. The van der Waals surface area contributed by atoms with Crippen molar-refractivity contribution in [2.75, 3.05) is 12.3 Å². The van der Waals surface area contributed by atoms with Gasteiger partial charge < -0.3 is 4.90 Å². The van der Waals surface area contributed by atoms with Crippen molar-refractivity contribution in [3.63, 3.8) is 0 Å². The molecule has 3 saturated carbocycles. The highest BCUT2D eigenvalue weighted by atomic mass is 32.2. The van der Waals surface area contributed by atoms with E-state index in [0.29, 0.717) is 12.8 Å². The maximum atomic E-state index is 15.0. The number of rotatable bonds is 17. The van der Waals surface area contributed by atoms with Crippen LogP contribution in [0, 0.1) is 45.8 Å². The average molecular weight is 727 g/mol. The van der Waals surface area contributed by atoms with Crippen LogP contribution in [0.2, 0.25) is 0 Å². The first-order valence-corrected chi connectivity index (χ1v) is 18.3. The molecule has 4 rings (SSSR count). The van der Waals surface area contributed by atoms with Gasteiger partial charge in [-0.05, 0) is 86.5 Å². The van der Waals surface area contributed by atoms with Crippen LogP contribution < -0.4 is 0 Å². The Morgan fingerprint density at radius 3 is 2.18 bits per heavy atom. The minimum absolute atomic E-state index is 0.123. The molecule has 0 aromatic heterocycles. The van der Waals surface area contributed by atoms with Gasteiger partial charge in [-0.3, -0.25) is 24.0 Å². The van der Waals surface area contributed by atoms with E-state index in [9.17, 15) is 27.6 Å². The third-order valence-electron chi connectivity index (χ3n) is 10.4. The number of ketones is 4. The summed E-state index contributed by atoms with van der Waals surface area (Å²) in [6.45, 7) is -5.29. The van der Waals surface area contributed by atoms with Crippen LogP contribution in [-0.2, 0) is 33.8 Å². The van der Waals surface area contributed by atoms with Crippen LogP contribution in [0.3, 0.4) is 0 Å². The number of piperidine rings is 1. The molecule has 4 fully saturated rings. The van der Waals surface area contributed by atoms with Gasteiger partial charge in [0, 0.05) is 75.6 Å². The third-order valence-corrected chi connectivity index (χ3v) is 12.2. The van der Waals surface area contributed by atoms with Gasteiger partial charge in [0.05, 0.1) is 16.5 Å². The van der Waals surface area contributed by atoms with E-state index in [-0.39, 0.29) is 18.9 Å². The Kier molecular flexibility index (Phi) is 5.59. The van der Waals surface area contributed by atoms with Gasteiger partial charge in [0.1, 0.15) is 5.78 Å². The van der Waals surface area contributed by atoms with Crippen LogP contribution in [0.4, 0.5) is 0 Å². The minimum atomic E-state index is -6.78. The highest BCUT2D eigenvalue weighted by Gasteiger charge is 2.69. The zero-order valence-corrected chi connectivity index (χ0v) is 29.9. The van der Waals surface area contributed by atoms with E-state index in [1.165, 1.54) is 20.8 Å². The number of hydrogen-bond donors (Lipinski definition) is 0. The number of likely N-dealkylation sites (tertiary alicyclic amines) is 1. The number of amides is 1. The van der Waals surface area contributed by atoms with Gasteiger partial charge in [0.2, 0.25) is 11.7 Å². The van der Waals surface area contributed by atoms with Crippen molar-refractivity contribution in [1.82, 2.24) is 4.90 Å². The van der Waals surface area contributed by atoms with Crippen LogP contribution >= 0.6 is 0 Å². The van der Waals surface area contributed by atoms with E-state index in [0.717, 1.165) is 11.8 Å². The number of Topliss-reactive ketones (excluding diaryl/α,β-unsaturated/α-hetero) is 4. The Bertz CT molecular complexity index is 2240. The zero-order chi connectivity index (χ0) is 56.8. The number of nitrogens with zero attached hydrogens (tertiary/aromatic N) is 1. The zero-order valence-electron chi connectivity index (χ0n) is 52.0. The molecule has 278 valence electrons. The third kappa shape index (κ3) is 9.13. The summed E-state index contributed by atoms with van der Waals surface area (Å²) in [5, 5.41) is 0. The van der Waals surface area contributed by atoms with Gasteiger partial charge in [-0.2, -0.15) is 0 Å². The molecule has 4 aliphatic rings. The Balaban J connectivity index is 1.90. The number of sulfone groups is 1. The lowest BCUT2D eigenvalue weighted by atomic mass is 9.70. The number of carbonyl (C=O) groups is 5. The van der Waals surface area contributed by atoms with Gasteiger partial charge in [-0.15, -0.1) is 0 Å². The Labute approximate surface area is 328 Å².